The smallest absolute Gasteiger partial charge is 0.260 e. The molecular weight excluding hydrogens is 425 g/mol. The maximum Gasteiger partial charge on any atom is 0.260 e. The summed E-state index contributed by atoms with van der Waals surface area (Å²) in [4.78, 5) is 21.9. The van der Waals surface area contributed by atoms with E-state index in [0.29, 0.717) is 29.6 Å². The molecule has 162 valence electrons. The third-order valence-electron chi connectivity index (χ3n) is 4.77. The standard InChI is InChI=1S/C22H26FN3O2S.ClH/c1-4-25(5-2)14-15-26(21(27)16-10-12-17(23)13-11-16)22-24-20-18(28-6-3)8-7-9-19(20)29-22;/h7-13H,4-6,14-15H2,1-3H3;1H. The average molecular weight is 452 g/mol. The van der Waals surface area contributed by atoms with E-state index in [2.05, 4.69) is 18.7 Å². The van der Waals surface area contributed by atoms with Crippen molar-refractivity contribution in [3.8, 4) is 5.75 Å². The van der Waals surface area contributed by atoms with Crippen molar-refractivity contribution in [2.75, 3.05) is 37.7 Å². The van der Waals surface area contributed by atoms with Gasteiger partial charge in [-0.1, -0.05) is 31.3 Å². The van der Waals surface area contributed by atoms with Crippen molar-refractivity contribution in [2.24, 2.45) is 0 Å². The first-order valence-electron chi connectivity index (χ1n) is 9.89. The zero-order chi connectivity index (χ0) is 20.8. The Morgan fingerprint density at radius 3 is 2.40 bits per heavy atom. The lowest BCUT2D eigenvalue weighted by molar-refractivity contribution is 0.0983. The first-order chi connectivity index (χ1) is 14.1. The van der Waals surface area contributed by atoms with Crippen LogP contribution in [0.15, 0.2) is 42.5 Å². The van der Waals surface area contributed by atoms with Crippen LogP contribution in [-0.4, -0.2) is 48.6 Å². The van der Waals surface area contributed by atoms with Crippen LogP contribution in [-0.2, 0) is 0 Å². The molecule has 0 N–H and O–H groups in total. The van der Waals surface area contributed by atoms with Crippen molar-refractivity contribution in [2.45, 2.75) is 20.8 Å². The molecule has 0 atom stereocenters. The summed E-state index contributed by atoms with van der Waals surface area (Å²) in [6.07, 6.45) is 0. The van der Waals surface area contributed by atoms with Gasteiger partial charge in [-0.3, -0.25) is 9.69 Å². The highest BCUT2D eigenvalue weighted by atomic mass is 35.5. The maximum absolute atomic E-state index is 13.3. The van der Waals surface area contributed by atoms with Crippen LogP contribution in [0.2, 0.25) is 0 Å². The van der Waals surface area contributed by atoms with Crippen LogP contribution in [0.5, 0.6) is 5.75 Å². The lowest BCUT2D eigenvalue weighted by Crippen LogP contribution is -2.38. The van der Waals surface area contributed by atoms with E-state index in [4.69, 9.17) is 9.72 Å². The molecule has 2 aromatic carbocycles. The molecule has 30 heavy (non-hydrogen) atoms. The molecule has 0 saturated heterocycles. The zero-order valence-corrected chi connectivity index (χ0v) is 19.1. The number of aromatic nitrogens is 1. The number of ether oxygens (including phenoxy) is 1. The van der Waals surface area contributed by atoms with E-state index in [-0.39, 0.29) is 24.1 Å². The van der Waals surface area contributed by atoms with Crippen LogP contribution in [0.1, 0.15) is 31.1 Å². The van der Waals surface area contributed by atoms with Crippen molar-refractivity contribution in [3.63, 3.8) is 0 Å². The van der Waals surface area contributed by atoms with Crippen LogP contribution in [0, 0.1) is 5.82 Å². The summed E-state index contributed by atoms with van der Waals surface area (Å²) in [7, 11) is 0. The van der Waals surface area contributed by atoms with Gasteiger partial charge in [0.05, 0.1) is 11.3 Å². The number of rotatable bonds is 9. The summed E-state index contributed by atoms with van der Waals surface area (Å²) in [6, 6.07) is 11.4. The molecule has 0 bridgehead atoms. The van der Waals surface area contributed by atoms with E-state index >= 15 is 0 Å². The Bertz CT molecular complexity index is 961. The minimum atomic E-state index is -0.363. The number of benzene rings is 2. The van der Waals surface area contributed by atoms with Gasteiger partial charge >= 0.3 is 0 Å². The van der Waals surface area contributed by atoms with Crippen molar-refractivity contribution >= 4 is 45.0 Å². The molecule has 3 aromatic rings. The second-order valence-corrected chi connectivity index (χ2v) is 7.53. The summed E-state index contributed by atoms with van der Waals surface area (Å²) in [5.41, 5.74) is 1.20. The molecular formula is C22H27ClFN3O2S. The fraction of sp³-hybridized carbons (Fsp3) is 0.364. The van der Waals surface area contributed by atoms with Crippen LogP contribution in [0.3, 0.4) is 0 Å². The van der Waals surface area contributed by atoms with Crippen molar-refractivity contribution in [1.82, 2.24) is 9.88 Å². The largest absolute Gasteiger partial charge is 0.492 e. The summed E-state index contributed by atoms with van der Waals surface area (Å²) in [5.74, 6) is 0.164. The van der Waals surface area contributed by atoms with Gasteiger partial charge in [-0.25, -0.2) is 9.37 Å². The van der Waals surface area contributed by atoms with Crippen molar-refractivity contribution in [1.29, 1.82) is 0 Å². The Morgan fingerprint density at radius 1 is 1.07 bits per heavy atom. The predicted molar refractivity (Wildman–Crippen MR) is 124 cm³/mol. The summed E-state index contributed by atoms with van der Waals surface area (Å²) < 4.78 is 20.0. The number of nitrogens with zero attached hydrogens (tertiary/aromatic N) is 3. The van der Waals surface area contributed by atoms with Crippen LogP contribution in [0.25, 0.3) is 10.2 Å². The van der Waals surface area contributed by atoms with Gasteiger partial charge in [0.15, 0.2) is 5.13 Å². The summed E-state index contributed by atoms with van der Waals surface area (Å²) >= 11 is 1.46. The number of anilines is 1. The number of carbonyl (C=O) groups is 1. The van der Waals surface area contributed by atoms with E-state index < -0.39 is 0 Å². The number of para-hydroxylation sites is 1. The summed E-state index contributed by atoms with van der Waals surface area (Å²) in [5, 5.41) is 0.619. The molecule has 0 saturated carbocycles. The molecule has 0 spiro atoms. The van der Waals surface area contributed by atoms with Crippen LogP contribution < -0.4 is 9.64 Å². The lowest BCUT2D eigenvalue weighted by atomic mass is 10.2. The van der Waals surface area contributed by atoms with E-state index in [1.54, 1.807) is 4.90 Å². The highest BCUT2D eigenvalue weighted by molar-refractivity contribution is 7.22. The summed E-state index contributed by atoms with van der Waals surface area (Å²) in [6.45, 7) is 9.72. The first kappa shape index (κ1) is 24.1. The number of likely N-dealkylation sites (N-methyl/N-ethyl adjacent to an activating group) is 1. The highest BCUT2D eigenvalue weighted by Crippen LogP contribution is 2.34. The predicted octanol–water partition coefficient (Wildman–Crippen LogP) is 5.24. The number of carbonyl (C=O) groups excluding carboxylic acids is 1. The Morgan fingerprint density at radius 2 is 1.77 bits per heavy atom. The van der Waals surface area contributed by atoms with E-state index in [1.165, 1.54) is 35.6 Å². The number of thiazole rings is 1. The van der Waals surface area contributed by atoms with Crippen LogP contribution >= 0.6 is 23.7 Å². The van der Waals surface area contributed by atoms with E-state index in [9.17, 15) is 9.18 Å². The van der Waals surface area contributed by atoms with Crippen LogP contribution in [0.4, 0.5) is 9.52 Å². The number of hydrogen-bond acceptors (Lipinski definition) is 5. The van der Waals surface area contributed by atoms with Gasteiger partial charge in [0, 0.05) is 18.7 Å². The molecule has 0 aliphatic heterocycles. The van der Waals surface area contributed by atoms with Gasteiger partial charge in [0.2, 0.25) is 0 Å². The third kappa shape index (κ3) is 5.47. The molecule has 1 amide bonds. The molecule has 0 unspecified atom stereocenters. The average Bonchev–Trinajstić information content (AvgIpc) is 3.16. The van der Waals surface area contributed by atoms with E-state index in [1.807, 2.05) is 25.1 Å². The second-order valence-electron chi connectivity index (χ2n) is 6.52. The van der Waals surface area contributed by atoms with Gasteiger partial charge in [-0.2, -0.15) is 0 Å². The van der Waals surface area contributed by atoms with Gasteiger partial charge in [-0.05, 0) is 56.4 Å². The van der Waals surface area contributed by atoms with Gasteiger partial charge in [0.25, 0.3) is 5.91 Å². The molecule has 0 fully saturated rings. The molecule has 0 radical (unpaired) electrons. The molecule has 8 heteroatoms. The number of hydrogen-bond donors (Lipinski definition) is 0. The zero-order valence-electron chi connectivity index (χ0n) is 17.4. The normalized spacial score (nSPS) is 10.8. The Balaban J connectivity index is 0.00000320. The highest BCUT2D eigenvalue weighted by Gasteiger charge is 2.23. The molecule has 1 aromatic heterocycles. The van der Waals surface area contributed by atoms with Crippen molar-refractivity contribution < 1.29 is 13.9 Å². The number of fused-ring (bicyclic) bond motifs is 1. The topological polar surface area (TPSA) is 45.7 Å². The number of amides is 1. The molecule has 3 rings (SSSR count). The second kappa shape index (κ2) is 11.2. The number of halogens is 2. The molecule has 1 heterocycles. The Hall–Kier alpha value is -2.22. The molecule has 5 nitrogen and oxygen atoms in total. The fourth-order valence-electron chi connectivity index (χ4n) is 3.11. The maximum atomic E-state index is 13.3. The molecule has 0 aliphatic rings. The minimum Gasteiger partial charge on any atom is -0.492 e. The third-order valence-corrected chi connectivity index (χ3v) is 5.82. The fourth-order valence-corrected chi connectivity index (χ4v) is 4.12. The lowest BCUT2D eigenvalue weighted by Gasteiger charge is -2.24. The van der Waals surface area contributed by atoms with E-state index in [0.717, 1.165) is 29.9 Å². The quantitative estimate of drug-likeness (QED) is 0.446. The Kier molecular flexibility index (Phi) is 9.02. The van der Waals surface area contributed by atoms with Gasteiger partial charge < -0.3 is 9.64 Å². The first-order valence-corrected chi connectivity index (χ1v) is 10.7. The van der Waals surface area contributed by atoms with Crippen molar-refractivity contribution in [3.05, 3.63) is 53.8 Å². The Labute approximate surface area is 186 Å². The SMILES string of the molecule is CCOc1cccc2sc(N(CCN(CC)CC)C(=O)c3ccc(F)cc3)nc12.Cl. The van der Waals surface area contributed by atoms with Gasteiger partial charge in [-0.15, -0.1) is 12.4 Å². The monoisotopic (exact) mass is 451 g/mol. The minimum absolute atomic E-state index is 0. The van der Waals surface area contributed by atoms with Gasteiger partial charge in [0.1, 0.15) is 17.1 Å². The molecule has 0 aliphatic carbocycles.